The summed E-state index contributed by atoms with van der Waals surface area (Å²) in [5, 5.41) is 3.14. The van der Waals surface area contributed by atoms with Gasteiger partial charge in [0.2, 0.25) is 0 Å². The van der Waals surface area contributed by atoms with Gasteiger partial charge in [0.25, 0.3) is 5.56 Å². The predicted molar refractivity (Wildman–Crippen MR) is 64.4 cm³/mol. The molecular formula is C11H15N5O. The molecule has 0 amide bonds. The zero-order valence-electron chi connectivity index (χ0n) is 9.90. The highest BCUT2D eigenvalue weighted by molar-refractivity contribution is 5.47. The van der Waals surface area contributed by atoms with Crippen molar-refractivity contribution in [1.82, 2.24) is 24.8 Å². The van der Waals surface area contributed by atoms with Crippen molar-refractivity contribution in [3.8, 4) is 11.5 Å². The van der Waals surface area contributed by atoms with Gasteiger partial charge in [0.05, 0.1) is 18.2 Å². The molecule has 0 saturated heterocycles. The van der Waals surface area contributed by atoms with Gasteiger partial charge in [-0.05, 0) is 6.54 Å². The van der Waals surface area contributed by atoms with E-state index < -0.39 is 0 Å². The average molecular weight is 233 g/mol. The molecule has 0 aromatic carbocycles. The second-order valence-electron chi connectivity index (χ2n) is 3.76. The fraction of sp³-hybridized carbons (Fsp3) is 0.364. The van der Waals surface area contributed by atoms with E-state index in [1.165, 1.54) is 6.07 Å². The molecule has 0 aliphatic heterocycles. The SMILES string of the molecule is CCNCc1cc(=O)[nH]c(-c2cncn2C)n1. The van der Waals surface area contributed by atoms with Crippen LogP contribution in [0.15, 0.2) is 23.4 Å². The van der Waals surface area contributed by atoms with Crippen LogP contribution in [0.5, 0.6) is 0 Å². The molecule has 17 heavy (non-hydrogen) atoms. The van der Waals surface area contributed by atoms with Crippen molar-refractivity contribution in [1.29, 1.82) is 0 Å². The molecule has 2 heterocycles. The molecule has 0 aliphatic carbocycles. The third-order valence-electron chi connectivity index (χ3n) is 2.41. The highest BCUT2D eigenvalue weighted by Gasteiger charge is 2.07. The van der Waals surface area contributed by atoms with Gasteiger partial charge in [-0.25, -0.2) is 9.97 Å². The minimum Gasteiger partial charge on any atom is -0.331 e. The lowest BCUT2D eigenvalue weighted by atomic mass is 10.3. The summed E-state index contributed by atoms with van der Waals surface area (Å²) in [6.07, 6.45) is 3.35. The van der Waals surface area contributed by atoms with Crippen LogP contribution >= 0.6 is 0 Å². The number of aryl methyl sites for hydroxylation is 1. The first-order chi connectivity index (χ1) is 8.20. The number of nitrogens with one attached hydrogen (secondary N) is 2. The molecule has 0 radical (unpaired) electrons. The zero-order valence-corrected chi connectivity index (χ0v) is 9.90. The van der Waals surface area contributed by atoms with Crippen LogP contribution in [0.2, 0.25) is 0 Å². The van der Waals surface area contributed by atoms with Gasteiger partial charge in [-0.3, -0.25) is 4.79 Å². The van der Waals surface area contributed by atoms with E-state index in [1.54, 1.807) is 12.5 Å². The molecule has 2 aromatic heterocycles. The molecule has 0 unspecified atom stereocenters. The second kappa shape index (κ2) is 4.92. The Labute approximate surface area is 98.7 Å². The van der Waals surface area contributed by atoms with Crippen molar-refractivity contribution in [2.24, 2.45) is 7.05 Å². The van der Waals surface area contributed by atoms with Crippen molar-refractivity contribution in [2.45, 2.75) is 13.5 Å². The molecule has 6 heteroatoms. The quantitative estimate of drug-likeness (QED) is 0.795. The van der Waals surface area contributed by atoms with Crippen LogP contribution in [-0.4, -0.2) is 26.1 Å². The number of imidazole rings is 1. The molecule has 0 saturated carbocycles. The van der Waals surface area contributed by atoms with E-state index in [9.17, 15) is 4.79 Å². The third-order valence-corrected chi connectivity index (χ3v) is 2.41. The van der Waals surface area contributed by atoms with Crippen molar-refractivity contribution in [3.05, 3.63) is 34.6 Å². The van der Waals surface area contributed by atoms with Crippen molar-refractivity contribution in [2.75, 3.05) is 6.54 Å². The number of aromatic nitrogens is 4. The Bertz CT molecular complexity index is 557. The molecule has 2 N–H and O–H groups in total. The van der Waals surface area contributed by atoms with Gasteiger partial charge in [-0.1, -0.05) is 6.92 Å². The molecule has 0 spiro atoms. The predicted octanol–water partition coefficient (Wildman–Crippen LogP) is 0.280. The number of H-pyrrole nitrogens is 1. The van der Waals surface area contributed by atoms with E-state index in [0.717, 1.165) is 17.9 Å². The van der Waals surface area contributed by atoms with Gasteiger partial charge < -0.3 is 14.9 Å². The Kier molecular flexibility index (Phi) is 3.34. The van der Waals surface area contributed by atoms with Crippen LogP contribution in [0, 0.1) is 0 Å². The van der Waals surface area contributed by atoms with Crippen LogP contribution < -0.4 is 10.9 Å². The average Bonchev–Trinajstić information content (AvgIpc) is 2.72. The number of aromatic amines is 1. The van der Waals surface area contributed by atoms with Crippen LogP contribution in [0.25, 0.3) is 11.5 Å². The smallest absolute Gasteiger partial charge is 0.251 e. The minimum atomic E-state index is -0.149. The van der Waals surface area contributed by atoms with E-state index >= 15 is 0 Å². The maximum atomic E-state index is 11.5. The van der Waals surface area contributed by atoms with Crippen molar-refractivity contribution in [3.63, 3.8) is 0 Å². The Balaban J connectivity index is 2.38. The number of rotatable bonds is 4. The highest BCUT2D eigenvalue weighted by atomic mass is 16.1. The topological polar surface area (TPSA) is 75.6 Å². The Morgan fingerprint density at radius 1 is 1.53 bits per heavy atom. The summed E-state index contributed by atoms with van der Waals surface area (Å²) in [6, 6.07) is 1.50. The van der Waals surface area contributed by atoms with Gasteiger partial charge in [-0.15, -0.1) is 0 Å². The normalized spacial score (nSPS) is 10.7. The number of hydrogen-bond donors (Lipinski definition) is 2. The first-order valence-electron chi connectivity index (χ1n) is 5.48. The standard InChI is InChI=1S/C11H15N5O/c1-3-12-5-8-4-10(17)15-11(14-8)9-6-13-7-16(9)2/h4,6-7,12H,3,5H2,1-2H3,(H,14,15,17). The third kappa shape index (κ3) is 2.59. The highest BCUT2D eigenvalue weighted by Crippen LogP contribution is 2.11. The zero-order chi connectivity index (χ0) is 12.3. The van der Waals surface area contributed by atoms with Crippen LogP contribution in [-0.2, 0) is 13.6 Å². The molecule has 0 aliphatic rings. The largest absolute Gasteiger partial charge is 0.331 e. The first-order valence-corrected chi connectivity index (χ1v) is 5.48. The van der Waals surface area contributed by atoms with Gasteiger partial charge in [-0.2, -0.15) is 0 Å². The molecule has 0 fully saturated rings. The molecule has 0 atom stereocenters. The summed E-state index contributed by atoms with van der Waals surface area (Å²) >= 11 is 0. The minimum absolute atomic E-state index is 0.149. The fourth-order valence-electron chi connectivity index (χ4n) is 1.56. The fourth-order valence-corrected chi connectivity index (χ4v) is 1.56. The molecule has 0 bridgehead atoms. The summed E-state index contributed by atoms with van der Waals surface area (Å²) in [4.78, 5) is 22.6. The molecule has 6 nitrogen and oxygen atoms in total. The maximum Gasteiger partial charge on any atom is 0.251 e. The molecule has 2 rings (SSSR count). The number of nitrogens with zero attached hydrogens (tertiary/aromatic N) is 3. The summed E-state index contributed by atoms with van der Waals surface area (Å²) in [5.74, 6) is 0.547. The van der Waals surface area contributed by atoms with E-state index in [-0.39, 0.29) is 5.56 Å². The van der Waals surface area contributed by atoms with E-state index in [1.807, 2.05) is 18.5 Å². The lowest BCUT2D eigenvalue weighted by molar-refractivity contribution is 0.707. The second-order valence-corrected chi connectivity index (χ2v) is 3.76. The first kappa shape index (κ1) is 11.5. The Morgan fingerprint density at radius 2 is 2.35 bits per heavy atom. The summed E-state index contributed by atoms with van der Waals surface area (Å²) in [6.45, 7) is 3.44. The Morgan fingerprint density at radius 3 is 3.00 bits per heavy atom. The van der Waals surface area contributed by atoms with E-state index in [4.69, 9.17) is 0 Å². The monoisotopic (exact) mass is 233 g/mol. The summed E-state index contributed by atoms with van der Waals surface area (Å²) in [5.41, 5.74) is 1.37. The van der Waals surface area contributed by atoms with Crippen LogP contribution in [0.1, 0.15) is 12.6 Å². The Hall–Kier alpha value is -1.95. The molecular weight excluding hydrogens is 218 g/mol. The van der Waals surface area contributed by atoms with E-state index in [2.05, 4.69) is 20.3 Å². The van der Waals surface area contributed by atoms with Crippen molar-refractivity contribution < 1.29 is 0 Å². The summed E-state index contributed by atoms with van der Waals surface area (Å²) < 4.78 is 1.81. The van der Waals surface area contributed by atoms with Crippen molar-refractivity contribution >= 4 is 0 Å². The van der Waals surface area contributed by atoms with Crippen LogP contribution in [0.4, 0.5) is 0 Å². The summed E-state index contributed by atoms with van der Waals surface area (Å²) in [7, 11) is 1.86. The lowest BCUT2D eigenvalue weighted by Crippen LogP contribution is -2.17. The van der Waals surface area contributed by atoms with Gasteiger partial charge >= 0.3 is 0 Å². The number of hydrogen-bond acceptors (Lipinski definition) is 4. The van der Waals surface area contributed by atoms with Gasteiger partial charge in [0.15, 0.2) is 5.82 Å². The van der Waals surface area contributed by atoms with Gasteiger partial charge in [0, 0.05) is 19.7 Å². The molecule has 2 aromatic rings. The van der Waals surface area contributed by atoms with E-state index in [0.29, 0.717) is 12.4 Å². The van der Waals surface area contributed by atoms with Gasteiger partial charge in [0.1, 0.15) is 5.69 Å². The molecule has 90 valence electrons. The lowest BCUT2D eigenvalue weighted by Gasteiger charge is -2.05. The van der Waals surface area contributed by atoms with Crippen LogP contribution in [0.3, 0.4) is 0 Å². The maximum absolute atomic E-state index is 11.5.